The Morgan fingerprint density at radius 2 is 2.31 bits per heavy atom. The van der Waals surface area contributed by atoms with E-state index in [2.05, 4.69) is 0 Å². The first-order valence-electron chi connectivity index (χ1n) is 3.98. The quantitative estimate of drug-likeness (QED) is 0.771. The highest BCUT2D eigenvalue weighted by Crippen LogP contribution is 2.20. The Kier molecular flexibility index (Phi) is 3.46. The standard InChI is InChI=1S/C10H12FNO/c1-13-10-7-9(11)5-4-8(10)3-2-6-12/h2-5,7H,6,12H2,1H3/b3-2+. The third-order valence-corrected chi connectivity index (χ3v) is 1.63. The number of halogens is 1. The maximum atomic E-state index is 12.7. The first-order valence-corrected chi connectivity index (χ1v) is 3.98. The average Bonchev–Trinajstić information content (AvgIpc) is 2.16. The predicted octanol–water partition coefficient (Wildman–Crippen LogP) is 1.81. The lowest BCUT2D eigenvalue weighted by atomic mass is 10.2. The number of rotatable bonds is 3. The Balaban J connectivity index is 2.99. The van der Waals surface area contributed by atoms with E-state index in [-0.39, 0.29) is 5.82 Å². The number of ether oxygens (including phenoxy) is 1. The molecule has 0 aliphatic carbocycles. The molecule has 3 heteroatoms. The van der Waals surface area contributed by atoms with Gasteiger partial charge in [-0.2, -0.15) is 0 Å². The summed E-state index contributed by atoms with van der Waals surface area (Å²) >= 11 is 0. The van der Waals surface area contributed by atoms with Crippen LogP contribution >= 0.6 is 0 Å². The van der Waals surface area contributed by atoms with Crippen molar-refractivity contribution in [2.24, 2.45) is 5.73 Å². The number of hydrogen-bond donors (Lipinski definition) is 1. The molecule has 0 fully saturated rings. The molecular formula is C10H12FNO. The SMILES string of the molecule is COc1cc(F)ccc1/C=C/CN. The molecule has 0 aliphatic heterocycles. The fourth-order valence-corrected chi connectivity index (χ4v) is 1.02. The van der Waals surface area contributed by atoms with E-state index in [0.29, 0.717) is 12.3 Å². The number of hydrogen-bond acceptors (Lipinski definition) is 2. The highest BCUT2D eigenvalue weighted by molar-refractivity contribution is 5.57. The van der Waals surface area contributed by atoms with Crippen molar-refractivity contribution in [2.75, 3.05) is 13.7 Å². The molecule has 2 N–H and O–H groups in total. The van der Waals surface area contributed by atoms with Gasteiger partial charge in [0.15, 0.2) is 0 Å². The molecule has 0 unspecified atom stereocenters. The van der Waals surface area contributed by atoms with Crippen LogP contribution in [0.2, 0.25) is 0 Å². The lowest BCUT2D eigenvalue weighted by Crippen LogP contribution is -1.93. The molecule has 0 saturated carbocycles. The Labute approximate surface area is 76.8 Å². The van der Waals surface area contributed by atoms with Crippen molar-refractivity contribution in [3.05, 3.63) is 35.7 Å². The Morgan fingerprint density at radius 1 is 1.54 bits per heavy atom. The molecule has 1 aromatic carbocycles. The van der Waals surface area contributed by atoms with Gasteiger partial charge < -0.3 is 10.5 Å². The Morgan fingerprint density at radius 3 is 2.92 bits per heavy atom. The van der Waals surface area contributed by atoms with Crippen LogP contribution in [0.5, 0.6) is 5.75 Å². The molecule has 0 spiro atoms. The van der Waals surface area contributed by atoms with E-state index >= 15 is 0 Å². The van der Waals surface area contributed by atoms with Gasteiger partial charge in [-0.25, -0.2) is 4.39 Å². The summed E-state index contributed by atoms with van der Waals surface area (Å²) in [5.41, 5.74) is 6.12. The summed E-state index contributed by atoms with van der Waals surface area (Å²) in [6.07, 6.45) is 3.59. The number of benzene rings is 1. The van der Waals surface area contributed by atoms with Crippen molar-refractivity contribution in [2.45, 2.75) is 0 Å². The normalized spacial score (nSPS) is 10.7. The molecule has 0 heterocycles. The van der Waals surface area contributed by atoms with Crippen molar-refractivity contribution in [1.29, 1.82) is 0 Å². The van der Waals surface area contributed by atoms with Gasteiger partial charge in [-0.05, 0) is 12.1 Å². The van der Waals surface area contributed by atoms with Gasteiger partial charge in [-0.3, -0.25) is 0 Å². The van der Waals surface area contributed by atoms with Crippen LogP contribution in [0.3, 0.4) is 0 Å². The van der Waals surface area contributed by atoms with Gasteiger partial charge >= 0.3 is 0 Å². The summed E-state index contributed by atoms with van der Waals surface area (Å²) in [4.78, 5) is 0. The van der Waals surface area contributed by atoms with E-state index in [1.54, 1.807) is 18.2 Å². The smallest absolute Gasteiger partial charge is 0.128 e. The minimum absolute atomic E-state index is 0.304. The molecule has 13 heavy (non-hydrogen) atoms. The molecule has 0 aliphatic rings. The molecule has 2 nitrogen and oxygen atoms in total. The van der Waals surface area contributed by atoms with Gasteiger partial charge in [0.25, 0.3) is 0 Å². The summed E-state index contributed by atoms with van der Waals surface area (Å²) in [7, 11) is 1.51. The molecular weight excluding hydrogens is 169 g/mol. The zero-order valence-corrected chi connectivity index (χ0v) is 7.46. The third-order valence-electron chi connectivity index (χ3n) is 1.63. The number of nitrogens with two attached hydrogens (primary N) is 1. The van der Waals surface area contributed by atoms with Gasteiger partial charge in [0.1, 0.15) is 11.6 Å². The second-order valence-electron chi connectivity index (χ2n) is 2.52. The summed E-state index contributed by atoms with van der Waals surface area (Å²) in [5.74, 6) is 0.214. The fourth-order valence-electron chi connectivity index (χ4n) is 1.02. The lowest BCUT2D eigenvalue weighted by Gasteiger charge is -2.03. The lowest BCUT2D eigenvalue weighted by molar-refractivity contribution is 0.410. The first kappa shape index (κ1) is 9.74. The molecule has 0 radical (unpaired) electrons. The molecule has 70 valence electrons. The highest BCUT2D eigenvalue weighted by Gasteiger charge is 2.00. The van der Waals surface area contributed by atoms with Gasteiger partial charge in [-0.1, -0.05) is 12.2 Å². The summed E-state index contributed by atoms with van der Waals surface area (Å²) in [6, 6.07) is 4.38. The van der Waals surface area contributed by atoms with Gasteiger partial charge in [0, 0.05) is 18.2 Å². The van der Waals surface area contributed by atoms with Crippen LogP contribution < -0.4 is 10.5 Å². The minimum atomic E-state index is -0.304. The second-order valence-corrected chi connectivity index (χ2v) is 2.52. The minimum Gasteiger partial charge on any atom is -0.496 e. The van der Waals surface area contributed by atoms with Crippen molar-refractivity contribution < 1.29 is 9.13 Å². The van der Waals surface area contributed by atoms with Crippen molar-refractivity contribution >= 4 is 6.08 Å². The predicted molar refractivity (Wildman–Crippen MR) is 51.0 cm³/mol. The van der Waals surface area contributed by atoms with E-state index in [9.17, 15) is 4.39 Å². The maximum absolute atomic E-state index is 12.7. The summed E-state index contributed by atoms with van der Waals surface area (Å²) in [5, 5.41) is 0. The van der Waals surface area contributed by atoms with Crippen LogP contribution in [0.4, 0.5) is 4.39 Å². The van der Waals surface area contributed by atoms with E-state index in [4.69, 9.17) is 10.5 Å². The topological polar surface area (TPSA) is 35.2 Å². The zero-order chi connectivity index (χ0) is 9.68. The summed E-state index contributed by atoms with van der Waals surface area (Å²) in [6.45, 7) is 0.459. The Bertz CT molecular complexity index is 310. The monoisotopic (exact) mass is 181 g/mol. The van der Waals surface area contributed by atoms with Crippen LogP contribution in [-0.4, -0.2) is 13.7 Å². The molecule has 0 atom stereocenters. The molecule has 0 saturated heterocycles. The third kappa shape index (κ3) is 2.56. The highest BCUT2D eigenvalue weighted by atomic mass is 19.1. The van der Waals surface area contributed by atoms with Crippen LogP contribution in [0.25, 0.3) is 6.08 Å². The van der Waals surface area contributed by atoms with Crippen molar-refractivity contribution in [1.82, 2.24) is 0 Å². The first-order chi connectivity index (χ1) is 6.27. The molecule has 0 amide bonds. The van der Waals surface area contributed by atoms with Gasteiger partial charge in [-0.15, -0.1) is 0 Å². The van der Waals surface area contributed by atoms with E-state index in [1.165, 1.54) is 19.2 Å². The molecule has 0 bridgehead atoms. The van der Waals surface area contributed by atoms with E-state index in [1.807, 2.05) is 0 Å². The van der Waals surface area contributed by atoms with Crippen LogP contribution in [0.15, 0.2) is 24.3 Å². The van der Waals surface area contributed by atoms with Crippen molar-refractivity contribution in [3.8, 4) is 5.75 Å². The van der Waals surface area contributed by atoms with Crippen LogP contribution in [0, 0.1) is 5.82 Å². The van der Waals surface area contributed by atoms with Crippen LogP contribution in [0.1, 0.15) is 5.56 Å². The van der Waals surface area contributed by atoms with Crippen molar-refractivity contribution in [3.63, 3.8) is 0 Å². The molecule has 0 aromatic heterocycles. The number of methoxy groups -OCH3 is 1. The second kappa shape index (κ2) is 4.62. The zero-order valence-electron chi connectivity index (χ0n) is 7.46. The average molecular weight is 181 g/mol. The molecule has 1 aromatic rings. The largest absolute Gasteiger partial charge is 0.496 e. The van der Waals surface area contributed by atoms with Gasteiger partial charge in [0.2, 0.25) is 0 Å². The molecule has 1 rings (SSSR count). The Hall–Kier alpha value is -1.35. The summed E-state index contributed by atoms with van der Waals surface area (Å²) < 4.78 is 17.7. The van der Waals surface area contributed by atoms with Crippen LogP contribution in [-0.2, 0) is 0 Å². The van der Waals surface area contributed by atoms with E-state index < -0.39 is 0 Å². The van der Waals surface area contributed by atoms with Gasteiger partial charge in [0.05, 0.1) is 7.11 Å². The maximum Gasteiger partial charge on any atom is 0.128 e. The van der Waals surface area contributed by atoms with E-state index in [0.717, 1.165) is 5.56 Å². The fraction of sp³-hybridized carbons (Fsp3) is 0.200.